The topological polar surface area (TPSA) is 3.24 Å². The molecule has 11 rings (SSSR count). The summed E-state index contributed by atoms with van der Waals surface area (Å²) in [6.45, 7) is 0. The lowest BCUT2D eigenvalue weighted by Gasteiger charge is -2.27. The number of benzene rings is 11. The van der Waals surface area contributed by atoms with Crippen LogP contribution in [0.3, 0.4) is 0 Å². The van der Waals surface area contributed by atoms with Crippen LogP contribution < -0.4 is 4.90 Å². The number of fused-ring (bicyclic) bond motifs is 7. The molecule has 11 aromatic rings. The third-order valence-corrected chi connectivity index (χ3v) is 11.3. The molecular formula is C56H37N. The molecule has 0 amide bonds. The van der Waals surface area contributed by atoms with Gasteiger partial charge in [0.2, 0.25) is 0 Å². The van der Waals surface area contributed by atoms with Crippen molar-refractivity contribution in [2.45, 2.75) is 0 Å². The van der Waals surface area contributed by atoms with Gasteiger partial charge in [-0.2, -0.15) is 0 Å². The summed E-state index contributed by atoms with van der Waals surface area (Å²) in [4.78, 5) is 1.89. The lowest BCUT2D eigenvalue weighted by atomic mass is 9.93. The maximum Gasteiger partial charge on any atom is 0.0645 e. The van der Waals surface area contributed by atoms with E-state index in [0.717, 1.165) is 71.0 Å². The Hall–Kier alpha value is -7.48. The Bertz CT molecular complexity index is 3500. The first-order chi connectivity index (χ1) is 29.9. The third-order valence-electron chi connectivity index (χ3n) is 11.3. The van der Waals surface area contributed by atoms with Gasteiger partial charge < -0.3 is 4.90 Å². The van der Waals surface area contributed by atoms with E-state index >= 15 is 0 Å². The fraction of sp³-hybridized carbons (Fsp3) is 0. The molecule has 0 bridgehead atoms. The second-order valence-electron chi connectivity index (χ2n) is 14.6. The standard InChI is InChI=1S/C56H37N/c1-4-19-47-38(13-1)16-12-26-48(47)41-17-11-18-46(35-41)57(44-31-27-39(28-32-44)55-36-42-14-2-5-20-49(42)51-22-7-9-24-53(51)55)45-33-29-40(30-34-45)56-37-43-15-3-6-21-50(43)52-23-8-10-25-54(52)56/h1-37H/i27D,28D,31D,32D. The van der Waals surface area contributed by atoms with Crippen molar-refractivity contribution < 1.29 is 5.48 Å². The summed E-state index contributed by atoms with van der Waals surface area (Å²) >= 11 is 0. The Morgan fingerprint density at radius 3 is 1.39 bits per heavy atom. The molecule has 266 valence electrons. The van der Waals surface area contributed by atoms with E-state index in [0.29, 0.717) is 11.3 Å². The Kier molecular flexibility index (Phi) is 6.93. The number of rotatable bonds is 6. The van der Waals surface area contributed by atoms with E-state index in [9.17, 15) is 5.48 Å². The van der Waals surface area contributed by atoms with Gasteiger partial charge >= 0.3 is 0 Å². The van der Waals surface area contributed by atoms with Crippen molar-refractivity contribution in [1.29, 1.82) is 0 Å². The van der Waals surface area contributed by atoms with E-state index in [1.807, 2.05) is 83.8 Å². The molecule has 0 aliphatic heterocycles. The maximum absolute atomic E-state index is 9.76. The highest BCUT2D eigenvalue weighted by atomic mass is 15.1. The molecular weight excluding hydrogens is 687 g/mol. The average molecular weight is 728 g/mol. The molecule has 0 atom stereocenters. The lowest BCUT2D eigenvalue weighted by Crippen LogP contribution is -2.10. The van der Waals surface area contributed by atoms with Crippen molar-refractivity contribution in [2.75, 3.05) is 4.90 Å². The summed E-state index contributed by atoms with van der Waals surface area (Å²) in [6, 6.07) is 67.9. The molecule has 0 radical (unpaired) electrons. The van der Waals surface area contributed by atoms with Crippen molar-refractivity contribution in [2.24, 2.45) is 0 Å². The predicted molar refractivity (Wildman–Crippen MR) is 245 cm³/mol. The summed E-state index contributed by atoms with van der Waals surface area (Å²) < 4.78 is 38.8. The van der Waals surface area contributed by atoms with Gasteiger partial charge in [-0.3, -0.25) is 0 Å². The van der Waals surface area contributed by atoms with Crippen LogP contribution in [0.25, 0.3) is 87.2 Å². The Morgan fingerprint density at radius 1 is 0.263 bits per heavy atom. The number of nitrogens with zero attached hydrogens (tertiary/aromatic N) is 1. The highest BCUT2D eigenvalue weighted by molar-refractivity contribution is 6.15. The fourth-order valence-electron chi connectivity index (χ4n) is 8.59. The SMILES string of the molecule is [2H]c1c([2H])c(N(c2ccc(-c3cc4ccccc4c4ccccc34)cc2)c2cccc(-c3cccc4ccccc34)c2)c([2H])c([2H])c1-c1cc2ccccc2c2ccccc12. The van der Waals surface area contributed by atoms with Gasteiger partial charge in [0.1, 0.15) is 0 Å². The first-order valence-corrected chi connectivity index (χ1v) is 19.3. The third kappa shape index (κ3) is 5.72. The normalized spacial score (nSPS) is 12.5. The minimum atomic E-state index is -0.117. The summed E-state index contributed by atoms with van der Waals surface area (Å²) in [5, 5.41) is 10.9. The fourth-order valence-corrected chi connectivity index (χ4v) is 8.59. The molecule has 0 spiro atoms. The van der Waals surface area contributed by atoms with Gasteiger partial charge in [0.05, 0.1) is 5.48 Å². The predicted octanol–water partition coefficient (Wildman–Crippen LogP) is 15.9. The van der Waals surface area contributed by atoms with Gasteiger partial charge in [-0.05, 0) is 136 Å². The van der Waals surface area contributed by atoms with Gasteiger partial charge in [0.15, 0.2) is 0 Å². The lowest BCUT2D eigenvalue weighted by molar-refractivity contribution is 1.28. The molecule has 1 nitrogen and oxygen atoms in total. The van der Waals surface area contributed by atoms with Crippen molar-refractivity contribution in [3.8, 4) is 33.4 Å². The molecule has 0 saturated carbocycles. The van der Waals surface area contributed by atoms with E-state index in [2.05, 4.69) is 121 Å². The molecule has 0 aliphatic carbocycles. The van der Waals surface area contributed by atoms with Crippen molar-refractivity contribution in [1.82, 2.24) is 0 Å². The van der Waals surface area contributed by atoms with E-state index in [1.165, 1.54) is 10.8 Å². The van der Waals surface area contributed by atoms with Crippen LogP contribution in [0.2, 0.25) is 0 Å². The monoisotopic (exact) mass is 727 g/mol. The highest BCUT2D eigenvalue weighted by Gasteiger charge is 2.17. The number of anilines is 3. The van der Waals surface area contributed by atoms with Gasteiger partial charge in [0, 0.05) is 17.1 Å². The number of hydrogen-bond acceptors (Lipinski definition) is 1. The molecule has 0 aromatic heterocycles. The zero-order valence-electron chi connectivity index (χ0n) is 35.0. The van der Waals surface area contributed by atoms with Gasteiger partial charge in [0.25, 0.3) is 0 Å². The summed E-state index contributed by atoms with van der Waals surface area (Å²) in [5.41, 5.74) is 6.77. The maximum atomic E-state index is 9.76. The summed E-state index contributed by atoms with van der Waals surface area (Å²) in [7, 11) is 0. The van der Waals surface area contributed by atoms with Crippen LogP contribution in [0, 0.1) is 0 Å². The van der Waals surface area contributed by atoms with E-state index in [-0.39, 0.29) is 35.4 Å². The number of hydrogen-bond donors (Lipinski definition) is 0. The quantitative estimate of drug-likeness (QED) is 0.154. The van der Waals surface area contributed by atoms with Crippen LogP contribution in [-0.4, -0.2) is 0 Å². The zero-order valence-corrected chi connectivity index (χ0v) is 31.0. The minimum absolute atomic E-state index is 0.0918. The van der Waals surface area contributed by atoms with Crippen molar-refractivity contribution >= 4 is 70.9 Å². The van der Waals surface area contributed by atoms with Crippen LogP contribution in [0.15, 0.2) is 224 Å². The molecule has 0 heterocycles. The molecule has 0 saturated heterocycles. The Morgan fingerprint density at radius 2 is 0.754 bits per heavy atom. The van der Waals surface area contributed by atoms with Crippen LogP contribution >= 0.6 is 0 Å². The molecule has 57 heavy (non-hydrogen) atoms. The molecule has 0 aliphatic rings. The van der Waals surface area contributed by atoms with Gasteiger partial charge in [-0.1, -0.05) is 176 Å². The first kappa shape index (κ1) is 28.9. The second-order valence-corrected chi connectivity index (χ2v) is 14.6. The molecule has 1 heteroatoms. The van der Waals surface area contributed by atoms with Crippen LogP contribution in [0.5, 0.6) is 0 Å². The average Bonchev–Trinajstić information content (AvgIpc) is 3.32. The zero-order chi connectivity index (χ0) is 41.2. The first-order valence-electron chi connectivity index (χ1n) is 21.3. The Labute approximate surface area is 338 Å². The van der Waals surface area contributed by atoms with E-state index < -0.39 is 0 Å². The Balaban J connectivity index is 1.12. The largest absolute Gasteiger partial charge is 0.310 e. The van der Waals surface area contributed by atoms with E-state index in [1.54, 1.807) is 0 Å². The summed E-state index contributed by atoms with van der Waals surface area (Å²) in [6.07, 6.45) is 0. The van der Waals surface area contributed by atoms with E-state index in [4.69, 9.17) is 0 Å². The van der Waals surface area contributed by atoms with Crippen LogP contribution in [-0.2, 0) is 0 Å². The molecule has 0 unspecified atom stereocenters. The van der Waals surface area contributed by atoms with Crippen molar-refractivity contribution in [3.63, 3.8) is 0 Å². The summed E-state index contributed by atoms with van der Waals surface area (Å²) in [5.74, 6) is 0. The minimum Gasteiger partial charge on any atom is -0.310 e. The van der Waals surface area contributed by atoms with Gasteiger partial charge in [-0.15, -0.1) is 0 Å². The second kappa shape index (κ2) is 13.7. The highest BCUT2D eigenvalue weighted by Crippen LogP contribution is 2.42. The molecule has 11 aromatic carbocycles. The van der Waals surface area contributed by atoms with Crippen molar-refractivity contribution in [3.05, 3.63) is 224 Å². The smallest absolute Gasteiger partial charge is 0.0645 e. The van der Waals surface area contributed by atoms with Gasteiger partial charge in [-0.25, -0.2) is 0 Å². The van der Waals surface area contributed by atoms with Crippen LogP contribution in [0.4, 0.5) is 17.1 Å². The van der Waals surface area contributed by atoms with Crippen LogP contribution in [0.1, 0.15) is 5.48 Å². The molecule has 0 fully saturated rings. The molecule has 0 N–H and O–H groups in total.